The highest BCUT2D eigenvalue weighted by Crippen LogP contribution is 2.25. The van der Waals surface area contributed by atoms with Crippen molar-refractivity contribution in [2.75, 3.05) is 18.2 Å². The fourth-order valence-corrected chi connectivity index (χ4v) is 3.72. The molecule has 27 heavy (non-hydrogen) atoms. The minimum atomic E-state index is -0.109. The van der Waals surface area contributed by atoms with Gasteiger partial charge in [0.1, 0.15) is 5.75 Å². The Balaban J connectivity index is 1.56. The van der Waals surface area contributed by atoms with E-state index in [4.69, 9.17) is 4.74 Å². The molecule has 1 amide bonds. The first-order valence-corrected chi connectivity index (χ1v) is 9.44. The number of carbonyl (C=O) groups excluding carboxylic acids is 1. The highest BCUT2D eigenvalue weighted by Gasteiger charge is 2.13. The number of nitrogens with one attached hydrogen (secondary N) is 1. The monoisotopic (exact) mass is 378 g/mol. The molecular weight excluding hydrogens is 360 g/mol. The zero-order chi connectivity index (χ0) is 18.8. The second-order valence-electron chi connectivity index (χ2n) is 6.10. The first-order chi connectivity index (χ1) is 13.2. The van der Waals surface area contributed by atoms with Crippen LogP contribution in [0.4, 0.5) is 5.69 Å². The van der Waals surface area contributed by atoms with E-state index in [0.29, 0.717) is 16.6 Å². The van der Waals surface area contributed by atoms with Gasteiger partial charge in [0, 0.05) is 11.8 Å². The van der Waals surface area contributed by atoms with E-state index in [0.717, 1.165) is 22.1 Å². The van der Waals surface area contributed by atoms with Gasteiger partial charge in [-0.05, 0) is 42.1 Å². The lowest BCUT2D eigenvalue weighted by Crippen LogP contribution is -2.14. The van der Waals surface area contributed by atoms with Gasteiger partial charge in [-0.25, -0.2) is 0 Å². The van der Waals surface area contributed by atoms with Crippen LogP contribution in [0.5, 0.6) is 5.75 Å². The molecule has 0 atom stereocenters. The second-order valence-corrected chi connectivity index (χ2v) is 7.04. The average molecular weight is 378 g/mol. The van der Waals surface area contributed by atoms with Crippen LogP contribution in [0.2, 0.25) is 0 Å². The maximum Gasteiger partial charge on any atom is 0.234 e. The Morgan fingerprint density at radius 2 is 2.00 bits per heavy atom. The number of fused-ring (bicyclic) bond motifs is 3. The van der Waals surface area contributed by atoms with Crippen molar-refractivity contribution >= 4 is 39.9 Å². The number of hydrogen-bond acceptors (Lipinski definition) is 5. The molecule has 0 saturated heterocycles. The van der Waals surface area contributed by atoms with E-state index in [-0.39, 0.29) is 11.7 Å². The van der Waals surface area contributed by atoms with E-state index in [1.54, 1.807) is 13.2 Å². The first kappa shape index (κ1) is 17.4. The number of aromatic nitrogens is 3. The number of amides is 1. The number of carbonyl (C=O) groups is 1. The van der Waals surface area contributed by atoms with Crippen LogP contribution in [-0.2, 0) is 4.79 Å². The zero-order valence-electron chi connectivity index (χ0n) is 15.0. The van der Waals surface area contributed by atoms with E-state index >= 15 is 0 Å². The summed E-state index contributed by atoms with van der Waals surface area (Å²) in [6, 6.07) is 17.5. The summed E-state index contributed by atoms with van der Waals surface area (Å²) in [5.74, 6) is 0.827. The van der Waals surface area contributed by atoms with Gasteiger partial charge in [-0.1, -0.05) is 36.0 Å². The van der Waals surface area contributed by atoms with Gasteiger partial charge < -0.3 is 10.1 Å². The number of rotatable bonds is 5. The molecular formula is C20H18N4O2S. The van der Waals surface area contributed by atoms with Crippen LogP contribution < -0.4 is 10.1 Å². The minimum Gasteiger partial charge on any atom is -0.497 e. The molecule has 6 nitrogen and oxygen atoms in total. The van der Waals surface area contributed by atoms with Gasteiger partial charge in [-0.2, -0.15) is 0 Å². The molecule has 2 aromatic carbocycles. The van der Waals surface area contributed by atoms with Gasteiger partial charge in [0.25, 0.3) is 0 Å². The Kier molecular flexibility index (Phi) is 4.68. The molecule has 0 aliphatic carbocycles. The van der Waals surface area contributed by atoms with Crippen LogP contribution in [0.3, 0.4) is 0 Å². The molecule has 0 saturated carbocycles. The Morgan fingerprint density at radius 3 is 2.85 bits per heavy atom. The summed E-state index contributed by atoms with van der Waals surface area (Å²) in [5.41, 5.74) is 3.59. The smallest absolute Gasteiger partial charge is 0.234 e. The van der Waals surface area contributed by atoms with E-state index in [1.165, 1.54) is 11.8 Å². The Bertz CT molecular complexity index is 1140. The minimum absolute atomic E-state index is 0.109. The van der Waals surface area contributed by atoms with Crippen LogP contribution in [0, 0.1) is 6.92 Å². The number of para-hydroxylation sites is 1. The molecule has 4 aromatic rings. The largest absolute Gasteiger partial charge is 0.497 e. The number of ether oxygens (including phenoxy) is 1. The fraction of sp³-hybridized carbons (Fsp3) is 0.150. The molecule has 0 bridgehead atoms. The van der Waals surface area contributed by atoms with E-state index in [9.17, 15) is 4.79 Å². The summed E-state index contributed by atoms with van der Waals surface area (Å²) < 4.78 is 7.19. The molecule has 136 valence electrons. The molecule has 0 aliphatic heterocycles. The van der Waals surface area contributed by atoms with Gasteiger partial charge in [0.05, 0.1) is 18.4 Å². The predicted octanol–water partition coefficient (Wildman–Crippen LogP) is 3.93. The number of anilines is 1. The van der Waals surface area contributed by atoms with E-state index in [1.807, 2.05) is 47.7 Å². The normalized spacial score (nSPS) is 11.0. The molecule has 0 radical (unpaired) electrons. The average Bonchev–Trinajstić information content (AvgIpc) is 3.12. The van der Waals surface area contributed by atoms with E-state index in [2.05, 4.69) is 27.6 Å². The third-order valence-corrected chi connectivity index (χ3v) is 5.15. The number of aryl methyl sites for hydroxylation is 1. The molecule has 0 spiro atoms. The van der Waals surface area contributed by atoms with Crippen molar-refractivity contribution in [1.82, 2.24) is 14.6 Å². The number of thioether (sulfide) groups is 1. The standard InChI is InChI=1S/C20H18N4O2S/c1-13-10-14-6-3-4-9-17(14)24-19(13)22-23-20(24)27-12-18(25)21-15-7-5-8-16(11-15)26-2/h3-11H,12H2,1-2H3,(H,21,25). The highest BCUT2D eigenvalue weighted by atomic mass is 32.2. The van der Waals surface area contributed by atoms with Crippen LogP contribution in [0.1, 0.15) is 5.56 Å². The Morgan fingerprint density at radius 1 is 1.15 bits per heavy atom. The summed E-state index contributed by atoms with van der Waals surface area (Å²) in [4.78, 5) is 12.3. The van der Waals surface area contributed by atoms with Crippen LogP contribution in [0.15, 0.2) is 59.8 Å². The summed E-state index contributed by atoms with van der Waals surface area (Å²) in [5, 5.41) is 13.3. The summed E-state index contributed by atoms with van der Waals surface area (Å²) in [6.45, 7) is 2.01. The van der Waals surface area contributed by atoms with Crippen molar-refractivity contribution in [2.45, 2.75) is 12.1 Å². The molecule has 0 fully saturated rings. The topological polar surface area (TPSA) is 68.5 Å². The summed E-state index contributed by atoms with van der Waals surface area (Å²) in [6.07, 6.45) is 0. The SMILES string of the molecule is COc1cccc(NC(=O)CSc2nnc3c(C)cc4ccccc4n23)c1. The lowest BCUT2D eigenvalue weighted by Gasteiger charge is -2.08. The molecule has 2 aromatic heterocycles. The van der Waals surface area contributed by atoms with Crippen LogP contribution in [-0.4, -0.2) is 33.4 Å². The Hall–Kier alpha value is -3.06. The van der Waals surface area contributed by atoms with Crippen molar-refractivity contribution in [3.8, 4) is 5.75 Å². The molecule has 2 heterocycles. The van der Waals surface area contributed by atoms with Gasteiger partial charge >= 0.3 is 0 Å². The summed E-state index contributed by atoms with van der Waals surface area (Å²) >= 11 is 1.36. The lowest BCUT2D eigenvalue weighted by molar-refractivity contribution is -0.113. The van der Waals surface area contributed by atoms with Crippen molar-refractivity contribution in [1.29, 1.82) is 0 Å². The number of benzene rings is 2. The first-order valence-electron chi connectivity index (χ1n) is 8.46. The molecule has 0 aliphatic rings. The second kappa shape index (κ2) is 7.28. The number of methoxy groups -OCH3 is 1. The van der Waals surface area contributed by atoms with Crippen LogP contribution >= 0.6 is 11.8 Å². The van der Waals surface area contributed by atoms with Crippen molar-refractivity contribution in [2.24, 2.45) is 0 Å². The molecule has 4 rings (SSSR count). The lowest BCUT2D eigenvalue weighted by atomic mass is 10.1. The number of pyridine rings is 1. The van der Waals surface area contributed by atoms with Crippen molar-refractivity contribution < 1.29 is 9.53 Å². The predicted molar refractivity (Wildman–Crippen MR) is 108 cm³/mol. The van der Waals surface area contributed by atoms with Crippen molar-refractivity contribution in [3.05, 3.63) is 60.2 Å². The third kappa shape index (κ3) is 3.46. The van der Waals surface area contributed by atoms with Gasteiger partial charge in [-0.15, -0.1) is 10.2 Å². The van der Waals surface area contributed by atoms with Gasteiger partial charge in [-0.3, -0.25) is 9.20 Å². The highest BCUT2D eigenvalue weighted by molar-refractivity contribution is 7.99. The summed E-state index contributed by atoms with van der Waals surface area (Å²) in [7, 11) is 1.60. The molecule has 1 N–H and O–H groups in total. The fourth-order valence-electron chi connectivity index (χ4n) is 2.97. The van der Waals surface area contributed by atoms with Crippen molar-refractivity contribution in [3.63, 3.8) is 0 Å². The molecule has 7 heteroatoms. The van der Waals surface area contributed by atoms with Crippen LogP contribution in [0.25, 0.3) is 16.6 Å². The number of nitrogens with zero attached hydrogens (tertiary/aromatic N) is 3. The van der Waals surface area contributed by atoms with Gasteiger partial charge in [0.15, 0.2) is 10.8 Å². The van der Waals surface area contributed by atoms with E-state index < -0.39 is 0 Å². The molecule has 0 unspecified atom stereocenters. The quantitative estimate of drug-likeness (QED) is 0.533. The third-order valence-electron chi connectivity index (χ3n) is 4.22. The maximum atomic E-state index is 12.3. The van der Waals surface area contributed by atoms with Gasteiger partial charge in [0.2, 0.25) is 5.91 Å². The number of hydrogen-bond donors (Lipinski definition) is 1. The Labute approximate surface area is 160 Å². The zero-order valence-corrected chi connectivity index (χ0v) is 15.8. The maximum absolute atomic E-state index is 12.3.